The Hall–Kier alpha value is -1.76. The van der Waals surface area contributed by atoms with E-state index in [2.05, 4.69) is 18.8 Å². The maximum absolute atomic E-state index is 13.2. The minimum Gasteiger partial charge on any atom is -0.369 e. The molecule has 4 rings (SSSR count). The van der Waals surface area contributed by atoms with Gasteiger partial charge in [0.15, 0.2) is 4.77 Å². The number of benzene rings is 1. The van der Waals surface area contributed by atoms with Crippen LogP contribution in [0.4, 0.5) is 0 Å². The fourth-order valence-electron chi connectivity index (χ4n) is 3.32. The first kappa shape index (κ1) is 16.7. The lowest BCUT2D eigenvalue weighted by Crippen LogP contribution is -2.34. The van der Waals surface area contributed by atoms with Gasteiger partial charge in [-0.15, -0.1) is 11.3 Å². The number of H-pyrrole nitrogens is 1. The van der Waals surface area contributed by atoms with Gasteiger partial charge in [0.05, 0.1) is 24.1 Å². The topological polar surface area (TPSA) is 47.0 Å². The summed E-state index contributed by atoms with van der Waals surface area (Å²) in [5.41, 5.74) is 1.99. The van der Waals surface area contributed by atoms with Crippen molar-refractivity contribution < 1.29 is 4.74 Å². The van der Waals surface area contributed by atoms with Crippen LogP contribution in [0.5, 0.6) is 0 Å². The van der Waals surface area contributed by atoms with Crippen molar-refractivity contribution in [3.63, 3.8) is 0 Å². The van der Waals surface area contributed by atoms with Gasteiger partial charge in [-0.25, -0.2) is 0 Å². The molecule has 1 aliphatic rings. The van der Waals surface area contributed by atoms with Gasteiger partial charge in [-0.3, -0.25) is 9.36 Å². The van der Waals surface area contributed by atoms with Gasteiger partial charge >= 0.3 is 0 Å². The SMILES string of the molecule is CC[C@@]1(C)Cc2c(sc3[nH]c(=S)n(Cc4ccccc4)c(=O)c23)CO1. The molecule has 1 aromatic carbocycles. The number of rotatable bonds is 3. The molecular weight excluding hydrogens is 352 g/mol. The molecule has 1 atom stereocenters. The lowest BCUT2D eigenvalue weighted by molar-refractivity contribution is -0.0543. The second kappa shape index (κ2) is 6.20. The summed E-state index contributed by atoms with van der Waals surface area (Å²) in [5.74, 6) is 0. The van der Waals surface area contributed by atoms with E-state index in [1.165, 1.54) is 0 Å². The molecule has 3 heterocycles. The van der Waals surface area contributed by atoms with E-state index in [-0.39, 0.29) is 11.2 Å². The zero-order valence-electron chi connectivity index (χ0n) is 14.3. The zero-order chi connectivity index (χ0) is 17.6. The number of hydrogen-bond acceptors (Lipinski definition) is 4. The fourth-order valence-corrected chi connectivity index (χ4v) is 4.76. The molecule has 3 aromatic rings. The Labute approximate surface area is 155 Å². The van der Waals surface area contributed by atoms with E-state index in [9.17, 15) is 4.79 Å². The molecule has 1 N–H and O–H groups in total. The standard InChI is InChI=1S/C19H20N2O2S2/c1-3-19(2)9-13-14(11-23-19)25-16-15(13)17(22)21(18(24)20-16)10-12-7-5-4-6-8-12/h4-8H,3,9-11H2,1-2H3,(H,20,24)/t19-/m0/s1. The highest BCUT2D eigenvalue weighted by atomic mass is 32.1. The number of hydrogen-bond donors (Lipinski definition) is 1. The van der Waals surface area contributed by atoms with Crippen LogP contribution in [-0.4, -0.2) is 15.2 Å². The lowest BCUT2D eigenvalue weighted by atomic mass is 9.90. The molecule has 0 unspecified atom stereocenters. The summed E-state index contributed by atoms with van der Waals surface area (Å²) in [4.78, 5) is 18.5. The maximum atomic E-state index is 13.2. The van der Waals surface area contributed by atoms with Crippen molar-refractivity contribution >= 4 is 33.8 Å². The quantitative estimate of drug-likeness (QED) is 0.693. The summed E-state index contributed by atoms with van der Waals surface area (Å²) in [6.07, 6.45) is 1.69. The first-order valence-electron chi connectivity index (χ1n) is 8.46. The summed E-state index contributed by atoms with van der Waals surface area (Å²) in [6.45, 7) is 5.29. The molecule has 130 valence electrons. The third kappa shape index (κ3) is 2.88. The highest BCUT2D eigenvalue weighted by Crippen LogP contribution is 2.38. The van der Waals surface area contributed by atoms with E-state index in [1.807, 2.05) is 30.3 Å². The summed E-state index contributed by atoms with van der Waals surface area (Å²) in [6, 6.07) is 9.94. The Bertz CT molecular complexity index is 1050. The molecule has 6 heteroatoms. The predicted molar refractivity (Wildman–Crippen MR) is 104 cm³/mol. The molecule has 0 saturated carbocycles. The Kier molecular flexibility index (Phi) is 4.14. The van der Waals surface area contributed by atoms with Crippen LogP contribution in [-0.2, 0) is 24.3 Å². The summed E-state index contributed by atoms with van der Waals surface area (Å²) >= 11 is 7.05. The van der Waals surface area contributed by atoms with Gasteiger partial charge < -0.3 is 9.72 Å². The van der Waals surface area contributed by atoms with Gasteiger partial charge in [0.2, 0.25) is 0 Å². The molecule has 0 aliphatic carbocycles. The fraction of sp³-hybridized carbons (Fsp3) is 0.368. The van der Waals surface area contributed by atoms with Gasteiger partial charge in [-0.1, -0.05) is 37.3 Å². The molecule has 25 heavy (non-hydrogen) atoms. The van der Waals surface area contributed by atoms with E-state index in [4.69, 9.17) is 17.0 Å². The van der Waals surface area contributed by atoms with Crippen molar-refractivity contribution in [3.8, 4) is 0 Å². The van der Waals surface area contributed by atoms with E-state index in [0.29, 0.717) is 17.9 Å². The second-order valence-corrected chi connectivity index (χ2v) is 8.28. The first-order valence-corrected chi connectivity index (χ1v) is 9.68. The van der Waals surface area contributed by atoms with Gasteiger partial charge in [-0.2, -0.15) is 0 Å². The smallest absolute Gasteiger partial charge is 0.263 e. The van der Waals surface area contributed by atoms with Crippen molar-refractivity contribution in [2.45, 2.75) is 45.4 Å². The number of aromatic nitrogens is 2. The monoisotopic (exact) mass is 372 g/mol. The van der Waals surface area contributed by atoms with Crippen LogP contribution in [0.2, 0.25) is 0 Å². The van der Waals surface area contributed by atoms with E-state index >= 15 is 0 Å². The predicted octanol–water partition coefficient (Wildman–Crippen LogP) is 4.41. The van der Waals surface area contributed by atoms with Crippen LogP contribution in [0.3, 0.4) is 0 Å². The van der Waals surface area contributed by atoms with Gasteiger partial charge in [0, 0.05) is 11.3 Å². The van der Waals surface area contributed by atoms with Crippen molar-refractivity contribution in [3.05, 3.63) is 61.5 Å². The first-order chi connectivity index (χ1) is 12.0. The van der Waals surface area contributed by atoms with Crippen molar-refractivity contribution in [2.75, 3.05) is 0 Å². The van der Waals surface area contributed by atoms with Crippen LogP contribution < -0.4 is 5.56 Å². The van der Waals surface area contributed by atoms with E-state index in [0.717, 1.165) is 39.1 Å². The lowest BCUT2D eigenvalue weighted by Gasteiger charge is -2.32. The maximum Gasteiger partial charge on any atom is 0.263 e. The summed E-state index contributed by atoms with van der Waals surface area (Å²) in [5, 5.41) is 0.785. The van der Waals surface area contributed by atoms with Gasteiger partial charge in [0.1, 0.15) is 4.83 Å². The molecule has 0 radical (unpaired) electrons. The van der Waals surface area contributed by atoms with Crippen molar-refractivity contribution in [1.82, 2.24) is 9.55 Å². The molecule has 1 aliphatic heterocycles. The van der Waals surface area contributed by atoms with E-state index in [1.54, 1.807) is 15.9 Å². The zero-order valence-corrected chi connectivity index (χ0v) is 15.9. The number of ether oxygens (including phenoxy) is 1. The highest BCUT2D eigenvalue weighted by Gasteiger charge is 2.33. The van der Waals surface area contributed by atoms with Crippen molar-refractivity contribution in [2.24, 2.45) is 0 Å². The highest BCUT2D eigenvalue weighted by molar-refractivity contribution is 7.71. The van der Waals surface area contributed by atoms with Crippen LogP contribution in [0.15, 0.2) is 35.1 Å². The Morgan fingerprint density at radius 2 is 2.12 bits per heavy atom. The summed E-state index contributed by atoms with van der Waals surface area (Å²) < 4.78 is 8.17. The average molecular weight is 373 g/mol. The Morgan fingerprint density at radius 3 is 2.84 bits per heavy atom. The largest absolute Gasteiger partial charge is 0.369 e. The van der Waals surface area contributed by atoms with Gasteiger partial charge in [-0.05, 0) is 36.7 Å². The van der Waals surface area contributed by atoms with Crippen LogP contribution in [0.1, 0.15) is 36.3 Å². The molecule has 0 spiro atoms. The minimum atomic E-state index is -0.204. The molecule has 2 aromatic heterocycles. The second-order valence-electron chi connectivity index (χ2n) is 6.78. The molecule has 0 fully saturated rings. The molecule has 0 bridgehead atoms. The molecule has 0 amide bonds. The minimum absolute atomic E-state index is 0.000422. The van der Waals surface area contributed by atoms with Crippen molar-refractivity contribution in [1.29, 1.82) is 0 Å². The number of thiophene rings is 1. The molecule has 0 saturated heterocycles. The molecular formula is C19H20N2O2S2. The third-order valence-electron chi connectivity index (χ3n) is 5.05. The summed E-state index contributed by atoms with van der Waals surface area (Å²) in [7, 11) is 0. The number of nitrogens with one attached hydrogen (secondary N) is 1. The number of nitrogens with zero attached hydrogens (tertiary/aromatic N) is 1. The Morgan fingerprint density at radius 1 is 1.36 bits per heavy atom. The molecule has 4 nitrogen and oxygen atoms in total. The average Bonchev–Trinajstić information content (AvgIpc) is 2.96. The Balaban J connectivity index is 1.88. The van der Waals surface area contributed by atoms with Crippen LogP contribution in [0.25, 0.3) is 10.2 Å². The van der Waals surface area contributed by atoms with Crippen LogP contribution in [0, 0.1) is 4.77 Å². The number of aromatic amines is 1. The number of fused-ring (bicyclic) bond motifs is 3. The third-order valence-corrected chi connectivity index (χ3v) is 6.49. The van der Waals surface area contributed by atoms with Gasteiger partial charge in [0.25, 0.3) is 5.56 Å². The van der Waals surface area contributed by atoms with Crippen LogP contribution >= 0.6 is 23.6 Å². The van der Waals surface area contributed by atoms with E-state index < -0.39 is 0 Å². The normalized spacial score (nSPS) is 19.9.